The Bertz CT molecular complexity index is 780. The Hall–Kier alpha value is -2.22. The Kier molecular flexibility index (Phi) is 6.48. The molecule has 0 amide bonds. The van der Waals surface area contributed by atoms with Gasteiger partial charge in [0.15, 0.2) is 0 Å². The molecule has 0 aromatic carbocycles. The molecule has 8 heteroatoms. The number of rotatable bonds is 8. The smallest absolute Gasteiger partial charge is 0.339 e. The largest absolute Gasteiger partial charge is 0.466 e. The summed E-state index contributed by atoms with van der Waals surface area (Å²) in [5.41, 5.74) is -0.123. The first-order chi connectivity index (χ1) is 11.6. The molecule has 24 heavy (non-hydrogen) atoms. The Morgan fingerprint density at radius 1 is 1.29 bits per heavy atom. The molecule has 2 aromatic rings. The zero-order chi connectivity index (χ0) is 17.5. The van der Waals surface area contributed by atoms with Gasteiger partial charge in [-0.05, 0) is 13.3 Å². The standard InChI is InChI=1S/C16H20N2O5S/c1-3-5-8-23-16(21)11-9-24-14-13(11)15(20)18(10-17-14)7-6-12(19)22-4-2/h9-10H,3-8H2,1-2H3. The summed E-state index contributed by atoms with van der Waals surface area (Å²) in [5.74, 6) is -0.897. The number of aromatic nitrogens is 2. The van der Waals surface area contributed by atoms with Crippen LogP contribution in [0.5, 0.6) is 0 Å². The van der Waals surface area contributed by atoms with Crippen LogP contribution in [-0.2, 0) is 20.8 Å². The molecule has 7 nitrogen and oxygen atoms in total. The molecule has 0 aliphatic heterocycles. The normalized spacial score (nSPS) is 10.8. The molecule has 0 saturated heterocycles. The molecular formula is C16H20N2O5S. The lowest BCUT2D eigenvalue weighted by Crippen LogP contribution is -2.23. The molecule has 2 rings (SSSR count). The average Bonchev–Trinajstić information content (AvgIpc) is 2.99. The highest BCUT2D eigenvalue weighted by molar-refractivity contribution is 7.17. The molecule has 0 saturated carbocycles. The van der Waals surface area contributed by atoms with E-state index in [4.69, 9.17) is 9.47 Å². The van der Waals surface area contributed by atoms with Crippen LogP contribution in [0.15, 0.2) is 16.5 Å². The van der Waals surface area contributed by atoms with E-state index in [1.54, 1.807) is 12.3 Å². The second-order valence-electron chi connectivity index (χ2n) is 5.12. The van der Waals surface area contributed by atoms with E-state index in [1.165, 1.54) is 22.2 Å². The maximum Gasteiger partial charge on any atom is 0.339 e. The Morgan fingerprint density at radius 2 is 2.08 bits per heavy atom. The topological polar surface area (TPSA) is 87.5 Å². The predicted octanol–water partition coefficient (Wildman–Crippen LogP) is 2.37. The molecule has 0 atom stereocenters. The van der Waals surface area contributed by atoms with Crippen molar-refractivity contribution in [1.29, 1.82) is 0 Å². The maximum atomic E-state index is 12.6. The number of unbranched alkanes of at least 4 members (excludes halogenated alkanes) is 1. The number of hydrogen-bond donors (Lipinski definition) is 0. The molecule has 0 aliphatic carbocycles. The van der Waals surface area contributed by atoms with Gasteiger partial charge in [0.25, 0.3) is 5.56 Å². The van der Waals surface area contributed by atoms with Crippen LogP contribution in [0, 0.1) is 0 Å². The van der Waals surface area contributed by atoms with Crippen LogP contribution in [0.25, 0.3) is 10.2 Å². The number of nitrogens with zero attached hydrogens (tertiary/aromatic N) is 2. The van der Waals surface area contributed by atoms with E-state index < -0.39 is 5.97 Å². The minimum absolute atomic E-state index is 0.0708. The lowest BCUT2D eigenvalue weighted by atomic mass is 10.2. The van der Waals surface area contributed by atoms with Crippen molar-refractivity contribution in [2.45, 2.75) is 39.7 Å². The SMILES string of the molecule is CCCCOC(=O)c1csc2ncn(CCC(=O)OCC)c(=O)c12. The second kappa shape index (κ2) is 8.58. The Labute approximate surface area is 143 Å². The van der Waals surface area contributed by atoms with Gasteiger partial charge in [0, 0.05) is 11.9 Å². The molecule has 0 bridgehead atoms. The molecule has 0 fully saturated rings. The molecule has 0 spiro atoms. The number of carbonyl (C=O) groups excluding carboxylic acids is 2. The first-order valence-electron chi connectivity index (χ1n) is 7.87. The summed E-state index contributed by atoms with van der Waals surface area (Å²) < 4.78 is 11.3. The lowest BCUT2D eigenvalue weighted by Gasteiger charge is -2.06. The van der Waals surface area contributed by atoms with Crippen LogP contribution in [0.3, 0.4) is 0 Å². The monoisotopic (exact) mass is 352 g/mol. The maximum absolute atomic E-state index is 12.6. The summed E-state index contributed by atoms with van der Waals surface area (Å²) in [4.78, 5) is 40.8. The van der Waals surface area contributed by atoms with E-state index in [2.05, 4.69) is 4.98 Å². The van der Waals surface area contributed by atoms with Crippen molar-refractivity contribution >= 4 is 33.5 Å². The van der Waals surface area contributed by atoms with E-state index in [9.17, 15) is 14.4 Å². The van der Waals surface area contributed by atoms with Crippen LogP contribution < -0.4 is 5.56 Å². The van der Waals surface area contributed by atoms with E-state index in [-0.39, 0.29) is 35.4 Å². The lowest BCUT2D eigenvalue weighted by molar-refractivity contribution is -0.143. The van der Waals surface area contributed by atoms with Crippen molar-refractivity contribution in [3.05, 3.63) is 27.6 Å². The first kappa shape index (κ1) is 18.1. The van der Waals surface area contributed by atoms with Crippen molar-refractivity contribution in [1.82, 2.24) is 9.55 Å². The van der Waals surface area contributed by atoms with Gasteiger partial charge >= 0.3 is 11.9 Å². The fourth-order valence-electron chi connectivity index (χ4n) is 2.11. The number of aryl methyl sites for hydroxylation is 1. The van der Waals surface area contributed by atoms with Gasteiger partial charge in [0.05, 0.1) is 36.9 Å². The molecule has 0 N–H and O–H groups in total. The predicted molar refractivity (Wildman–Crippen MR) is 90.3 cm³/mol. The van der Waals surface area contributed by atoms with E-state index in [0.717, 1.165) is 12.8 Å². The van der Waals surface area contributed by atoms with Crippen LogP contribution in [0.1, 0.15) is 43.5 Å². The van der Waals surface area contributed by atoms with Gasteiger partial charge in [-0.25, -0.2) is 9.78 Å². The molecule has 2 aromatic heterocycles. The van der Waals surface area contributed by atoms with Crippen LogP contribution in [0.4, 0.5) is 0 Å². The number of ether oxygens (including phenoxy) is 2. The summed E-state index contributed by atoms with van der Waals surface area (Å²) in [6.07, 6.45) is 3.14. The highest BCUT2D eigenvalue weighted by atomic mass is 32.1. The average molecular weight is 352 g/mol. The number of carbonyl (C=O) groups is 2. The summed E-state index contributed by atoms with van der Waals surface area (Å²) in [7, 11) is 0. The third-order valence-corrected chi connectivity index (χ3v) is 4.26. The Morgan fingerprint density at radius 3 is 2.79 bits per heavy atom. The van der Waals surface area contributed by atoms with Gasteiger partial charge in [0.2, 0.25) is 0 Å². The number of fused-ring (bicyclic) bond motifs is 1. The van der Waals surface area contributed by atoms with Gasteiger partial charge in [-0.1, -0.05) is 13.3 Å². The van der Waals surface area contributed by atoms with Crippen LogP contribution in [-0.4, -0.2) is 34.7 Å². The summed E-state index contributed by atoms with van der Waals surface area (Å²) in [6, 6.07) is 0. The van der Waals surface area contributed by atoms with Crippen LogP contribution in [0.2, 0.25) is 0 Å². The fraction of sp³-hybridized carbons (Fsp3) is 0.500. The van der Waals surface area contributed by atoms with E-state index in [0.29, 0.717) is 18.0 Å². The minimum atomic E-state index is -0.517. The first-order valence-corrected chi connectivity index (χ1v) is 8.75. The highest BCUT2D eigenvalue weighted by Crippen LogP contribution is 2.21. The summed E-state index contributed by atoms with van der Waals surface area (Å²) >= 11 is 1.22. The molecule has 2 heterocycles. The number of hydrogen-bond acceptors (Lipinski definition) is 7. The quantitative estimate of drug-likeness (QED) is 0.535. The Balaban J connectivity index is 2.23. The molecule has 0 radical (unpaired) electrons. The fourth-order valence-corrected chi connectivity index (χ4v) is 2.98. The van der Waals surface area contributed by atoms with E-state index >= 15 is 0 Å². The number of esters is 2. The van der Waals surface area contributed by atoms with E-state index in [1.807, 2.05) is 6.92 Å². The van der Waals surface area contributed by atoms with Crippen molar-refractivity contribution in [2.24, 2.45) is 0 Å². The molecule has 130 valence electrons. The third-order valence-electron chi connectivity index (χ3n) is 3.37. The van der Waals surface area contributed by atoms with Crippen molar-refractivity contribution in [2.75, 3.05) is 13.2 Å². The van der Waals surface area contributed by atoms with Gasteiger partial charge in [-0.2, -0.15) is 0 Å². The van der Waals surface area contributed by atoms with Gasteiger partial charge in [-0.15, -0.1) is 11.3 Å². The molecular weight excluding hydrogens is 332 g/mol. The summed E-state index contributed by atoms with van der Waals surface area (Å²) in [6.45, 7) is 4.49. The van der Waals surface area contributed by atoms with Crippen molar-refractivity contribution < 1.29 is 19.1 Å². The zero-order valence-electron chi connectivity index (χ0n) is 13.7. The highest BCUT2D eigenvalue weighted by Gasteiger charge is 2.18. The molecule has 0 aliphatic rings. The van der Waals surface area contributed by atoms with Gasteiger partial charge < -0.3 is 9.47 Å². The minimum Gasteiger partial charge on any atom is -0.466 e. The van der Waals surface area contributed by atoms with Crippen LogP contribution >= 0.6 is 11.3 Å². The van der Waals surface area contributed by atoms with Gasteiger partial charge in [-0.3, -0.25) is 14.2 Å². The third kappa shape index (κ3) is 4.19. The second-order valence-corrected chi connectivity index (χ2v) is 5.98. The van der Waals surface area contributed by atoms with Gasteiger partial charge in [0.1, 0.15) is 4.83 Å². The van der Waals surface area contributed by atoms with Crippen molar-refractivity contribution in [3.63, 3.8) is 0 Å². The molecule has 0 unspecified atom stereocenters. The van der Waals surface area contributed by atoms with Crippen molar-refractivity contribution in [3.8, 4) is 0 Å². The zero-order valence-corrected chi connectivity index (χ0v) is 14.6. The summed E-state index contributed by atoms with van der Waals surface area (Å²) in [5, 5.41) is 1.83. The number of thiophene rings is 1.